The Morgan fingerprint density at radius 3 is 2.47 bits per heavy atom. The van der Waals surface area contributed by atoms with Crippen LogP contribution in [0.4, 0.5) is 0 Å². The van der Waals surface area contributed by atoms with Crippen LogP contribution in [0.5, 0.6) is 5.75 Å². The first-order valence-corrected chi connectivity index (χ1v) is 11.9. The Balaban J connectivity index is 1.74. The zero-order valence-corrected chi connectivity index (χ0v) is 20.2. The Kier molecular flexibility index (Phi) is 9.13. The van der Waals surface area contributed by atoms with Crippen LogP contribution in [0.15, 0.2) is 48.5 Å². The van der Waals surface area contributed by atoms with Crippen molar-refractivity contribution in [3.63, 3.8) is 0 Å². The molecule has 1 aliphatic rings. The topological polar surface area (TPSA) is 108 Å². The third kappa shape index (κ3) is 6.84. The predicted octanol–water partition coefficient (Wildman–Crippen LogP) is 2.07. The second-order valence-corrected chi connectivity index (χ2v) is 9.45. The van der Waals surface area contributed by atoms with E-state index < -0.39 is 25.0 Å². The lowest BCUT2D eigenvalue weighted by atomic mass is 9.75. The monoisotopic (exact) mass is 466 g/mol. The van der Waals surface area contributed by atoms with Gasteiger partial charge in [0.25, 0.3) is 0 Å². The first-order chi connectivity index (χ1) is 16.3. The average molecular weight is 466 g/mol. The Hall–Kier alpha value is -2.84. The summed E-state index contributed by atoms with van der Waals surface area (Å²) in [6, 6.07) is 14.5. The Bertz CT molecular complexity index is 967. The third-order valence-corrected chi connectivity index (χ3v) is 6.36. The van der Waals surface area contributed by atoms with Crippen LogP contribution in [0.25, 0.3) is 0 Å². The highest BCUT2D eigenvalue weighted by Crippen LogP contribution is 2.32. The molecule has 2 aromatic carbocycles. The minimum absolute atomic E-state index is 0.161. The van der Waals surface area contributed by atoms with E-state index in [4.69, 9.17) is 4.74 Å². The van der Waals surface area contributed by atoms with Crippen molar-refractivity contribution in [2.45, 2.75) is 57.9 Å². The highest BCUT2D eigenvalue weighted by Gasteiger charge is 2.32. The van der Waals surface area contributed by atoms with Crippen molar-refractivity contribution in [2.24, 2.45) is 11.8 Å². The number of fused-ring (bicyclic) bond motifs is 1. The number of benzene rings is 2. The van der Waals surface area contributed by atoms with Crippen molar-refractivity contribution in [3.8, 4) is 5.75 Å². The van der Waals surface area contributed by atoms with E-state index in [1.54, 1.807) is 7.11 Å². The molecular formula is C26H35BN2O5. The van der Waals surface area contributed by atoms with Gasteiger partial charge in [-0.15, -0.1) is 0 Å². The fourth-order valence-electron chi connectivity index (χ4n) is 4.58. The molecular weight excluding hydrogens is 431 g/mol. The zero-order chi connectivity index (χ0) is 24.7. The Morgan fingerprint density at radius 1 is 1.09 bits per heavy atom. The molecule has 0 spiro atoms. The van der Waals surface area contributed by atoms with E-state index in [2.05, 4.69) is 10.6 Å². The molecule has 2 unspecified atom stereocenters. The summed E-state index contributed by atoms with van der Waals surface area (Å²) < 4.78 is 5.46. The smallest absolute Gasteiger partial charge is 0.475 e. The van der Waals surface area contributed by atoms with E-state index in [-0.39, 0.29) is 17.7 Å². The van der Waals surface area contributed by atoms with Gasteiger partial charge in [-0.25, -0.2) is 0 Å². The zero-order valence-electron chi connectivity index (χ0n) is 20.2. The lowest BCUT2D eigenvalue weighted by molar-refractivity contribution is -0.131. The SMILES string of the molecule is COc1cccc2c1CCC(C(=O)N[C@@H](Cc1ccccc1)C(=O)NC(CC(C)C)B(O)O)C2. The van der Waals surface area contributed by atoms with Crippen molar-refractivity contribution in [3.05, 3.63) is 65.2 Å². The standard InChI is InChI=1S/C26H35BN2O5/c1-17(2)14-24(27(32)33)29-26(31)22(15-18-8-5-4-6-9-18)28-25(30)20-12-13-21-19(16-20)10-7-11-23(21)34-3/h4-11,17,20,22,24,32-33H,12-16H2,1-3H3,(H,28,30)(H,29,31)/t20?,22-,24?/m0/s1. The lowest BCUT2D eigenvalue weighted by Crippen LogP contribution is -2.55. The third-order valence-electron chi connectivity index (χ3n) is 6.36. The van der Waals surface area contributed by atoms with Gasteiger partial charge >= 0.3 is 7.12 Å². The number of rotatable bonds is 10. The number of carbonyl (C=O) groups is 2. The summed E-state index contributed by atoms with van der Waals surface area (Å²) in [5, 5.41) is 25.2. The molecule has 2 aromatic rings. The van der Waals surface area contributed by atoms with Gasteiger partial charge in [-0.3, -0.25) is 9.59 Å². The molecule has 0 bridgehead atoms. The summed E-state index contributed by atoms with van der Waals surface area (Å²) in [6.07, 6.45) is 2.72. The molecule has 7 nitrogen and oxygen atoms in total. The number of amides is 2. The van der Waals surface area contributed by atoms with Gasteiger partial charge in [0, 0.05) is 12.3 Å². The number of nitrogens with one attached hydrogen (secondary N) is 2. The molecule has 0 aromatic heterocycles. The predicted molar refractivity (Wildman–Crippen MR) is 132 cm³/mol. The highest BCUT2D eigenvalue weighted by molar-refractivity contribution is 6.43. The minimum Gasteiger partial charge on any atom is -0.496 e. The van der Waals surface area contributed by atoms with E-state index in [0.29, 0.717) is 25.7 Å². The van der Waals surface area contributed by atoms with Gasteiger partial charge in [-0.05, 0) is 54.4 Å². The molecule has 0 saturated carbocycles. The van der Waals surface area contributed by atoms with Crippen LogP contribution in [0.1, 0.15) is 43.4 Å². The van der Waals surface area contributed by atoms with Crippen molar-refractivity contribution >= 4 is 18.9 Å². The van der Waals surface area contributed by atoms with E-state index in [1.165, 1.54) is 0 Å². The summed E-state index contributed by atoms with van der Waals surface area (Å²) in [6.45, 7) is 3.89. The number of ether oxygens (including phenoxy) is 1. The summed E-state index contributed by atoms with van der Waals surface area (Å²) >= 11 is 0. The number of carbonyl (C=O) groups excluding carboxylic acids is 2. The van der Waals surface area contributed by atoms with Crippen LogP contribution in [0, 0.1) is 11.8 Å². The molecule has 1 aliphatic carbocycles. The molecule has 8 heteroatoms. The second kappa shape index (κ2) is 12.0. The first-order valence-electron chi connectivity index (χ1n) is 11.9. The van der Waals surface area contributed by atoms with Crippen molar-refractivity contribution in [1.82, 2.24) is 10.6 Å². The van der Waals surface area contributed by atoms with Crippen LogP contribution in [0.3, 0.4) is 0 Å². The van der Waals surface area contributed by atoms with Crippen molar-refractivity contribution in [2.75, 3.05) is 7.11 Å². The summed E-state index contributed by atoms with van der Waals surface area (Å²) in [5.74, 6) is -0.648. The van der Waals surface area contributed by atoms with E-state index in [0.717, 1.165) is 28.9 Å². The van der Waals surface area contributed by atoms with E-state index in [9.17, 15) is 19.6 Å². The molecule has 0 aliphatic heterocycles. The average Bonchev–Trinajstić information content (AvgIpc) is 2.82. The fraction of sp³-hybridized carbons (Fsp3) is 0.462. The van der Waals surface area contributed by atoms with E-state index >= 15 is 0 Å². The van der Waals surface area contributed by atoms with Crippen LogP contribution < -0.4 is 15.4 Å². The van der Waals surface area contributed by atoms with Gasteiger partial charge in [-0.1, -0.05) is 56.3 Å². The van der Waals surface area contributed by atoms with Gasteiger partial charge in [0.05, 0.1) is 13.1 Å². The lowest BCUT2D eigenvalue weighted by Gasteiger charge is -2.28. The van der Waals surface area contributed by atoms with Gasteiger partial charge in [-0.2, -0.15) is 0 Å². The number of hydrogen-bond acceptors (Lipinski definition) is 5. The quantitative estimate of drug-likeness (QED) is 0.401. The maximum Gasteiger partial charge on any atom is 0.475 e. The van der Waals surface area contributed by atoms with Gasteiger partial charge < -0.3 is 25.4 Å². The summed E-state index contributed by atoms with van der Waals surface area (Å²) in [7, 11) is -0.0267. The maximum absolute atomic E-state index is 13.2. The molecule has 0 fully saturated rings. The number of methoxy groups -OCH3 is 1. The molecule has 0 saturated heterocycles. The summed E-state index contributed by atoms with van der Waals surface area (Å²) in [5.41, 5.74) is 3.14. The Labute approximate surface area is 202 Å². The van der Waals surface area contributed by atoms with Crippen LogP contribution >= 0.6 is 0 Å². The van der Waals surface area contributed by atoms with Crippen LogP contribution in [-0.2, 0) is 28.9 Å². The molecule has 34 heavy (non-hydrogen) atoms. The minimum atomic E-state index is -1.68. The second-order valence-electron chi connectivity index (χ2n) is 9.45. The molecule has 0 radical (unpaired) electrons. The molecule has 3 rings (SSSR count). The molecule has 2 amide bonds. The van der Waals surface area contributed by atoms with Crippen molar-refractivity contribution < 1.29 is 24.4 Å². The van der Waals surface area contributed by atoms with Crippen LogP contribution in [0.2, 0.25) is 0 Å². The fourth-order valence-corrected chi connectivity index (χ4v) is 4.58. The van der Waals surface area contributed by atoms with Gasteiger partial charge in [0.2, 0.25) is 11.8 Å². The normalized spacial score (nSPS) is 16.8. The molecule has 0 heterocycles. The largest absolute Gasteiger partial charge is 0.496 e. The Morgan fingerprint density at radius 2 is 1.82 bits per heavy atom. The first kappa shape index (κ1) is 25.8. The van der Waals surface area contributed by atoms with Gasteiger partial charge in [0.15, 0.2) is 0 Å². The van der Waals surface area contributed by atoms with E-state index in [1.807, 2.05) is 62.4 Å². The molecule has 3 atom stereocenters. The maximum atomic E-state index is 13.2. The summed E-state index contributed by atoms with van der Waals surface area (Å²) in [4.78, 5) is 26.4. The highest BCUT2D eigenvalue weighted by atomic mass is 16.5. The van der Waals surface area contributed by atoms with Crippen LogP contribution in [-0.4, -0.2) is 48.1 Å². The molecule has 182 valence electrons. The van der Waals surface area contributed by atoms with Crippen molar-refractivity contribution in [1.29, 1.82) is 0 Å². The number of hydrogen-bond donors (Lipinski definition) is 4. The molecule has 4 N–H and O–H groups in total. The van der Waals surface area contributed by atoms with Gasteiger partial charge in [0.1, 0.15) is 11.8 Å².